The molecule has 0 aliphatic rings. The Balaban J connectivity index is 0.000000921. The van der Waals surface area contributed by atoms with Crippen LogP contribution < -0.4 is 5.73 Å². The molecule has 0 unspecified atom stereocenters. The van der Waals surface area contributed by atoms with E-state index in [9.17, 15) is 13.6 Å². The molecule has 0 radical (unpaired) electrons. The molecule has 0 spiro atoms. The summed E-state index contributed by atoms with van der Waals surface area (Å²) < 4.78 is 30.1. The molecule has 15 heavy (non-hydrogen) atoms. The highest BCUT2D eigenvalue weighted by atomic mass is 19.1. The van der Waals surface area contributed by atoms with Crippen molar-refractivity contribution >= 4 is 11.7 Å². The van der Waals surface area contributed by atoms with E-state index in [0.717, 1.165) is 19.2 Å². The summed E-state index contributed by atoms with van der Waals surface area (Å²) in [7, 11) is 1.03. The fraction of sp³-hybridized carbons (Fsp3) is 0.300. The third-order valence-corrected chi connectivity index (χ3v) is 1.51. The monoisotopic (exact) mass is 217 g/mol. The van der Waals surface area contributed by atoms with Crippen LogP contribution in [0.1, 0.15) is 24.2 Å². The Hall–Kier alpha value is -1.65. The Bertz CT molecular complexity index is 354. The van der Waals surface area contributed by atoms with Crippen molar-refractivity contribution in [2.24, 2.45) is 0 Å². The van der Waals surface area contributed by atoms with Crippen LogP contribution in [0.4, 0.5) is 14.5 Å². The molecule has 0 heterocycles. The van der Waals surface area contributed by atoms with Gasteiger partial charge < -0.3 is 10.5 Å². The SMILES string of the molecule is CC.COC(=O)c1c(F)ccc(N)c1F. The first-order valence-electron chi connectivity index (χ1n) is 4.39. The summed E-state index contributed by atoms with van der Waals surface area (Å²) in [6, 6.07) is 1.95. The number of nitrogens with two attached hydrogens (primary N) is 1. The summed E-state index contributed by atoms with van der Waals surface area (Å²) in [4.78, 5) is 10.8. The number of halogens is 2. The smallest absolute Gasteiger partial charge is 0.343 e. The summed E-state index contributed by atoms with van der Waals surface area (Å²) in [5.74, 6) is -3.16. The topological polar surface area (TPSA) is 52.3 Å². The van der Waals surface area contributed by atoms with Gasteiger partial charge >= 0.3 is 5.97 Å². The van der Waals surface area contributed by atoms with E-state index in [0.29, 0.717) is 0 Å². The van der Waals surface area contributed by atoms with E-state index in [-0.39, 0.29) is 5.69 Å². The first-order chi connectivity index (χ1) is 7.07. The minimum absolute atomic E-state index is 0.290. The van der Waals surface area contributed by atoms with Crippen LogP contribution in [0, 0.1) is 11.6 Å². The van der Waals surface area contributed by atoms with E-state index >= 15 is 0 Å². The summed E-state index contributed by atoms with van der Waals surface area (Å²) in [5, 5.41) is 0. The number of ether oxygens (including phenoxy) is 1. The van der Waals surface area contributed by atoms with Crippen LogP contribution in [0.15, 0.2) is 12.1 Å². The van der Waals surface area contributed by atoms with Crippen LogP contribution in [0.25, 0.3) is 0 Å². The van der Waals surface area contributed by atoms with Crippen molar-refractivity contribution in [2.75, 3.05) is 12.8 Å². The van der Waals surface area contributed by atoms with Gasteiger partial charge in [-0.15, -0.1) is 0 Å². The maximum absolute atomic E-state index is 13.0. The van der Waals surface area contributed by atoms with Crippen LogP contribution >= 0.6 is 0 Å². The third-order valence-electron chi connectivity index (χ3n) is 1.51. The molecule has 1 rings (SSSR count). The number of nitrogen functional groups attached to an aromatic ring is 1. The van der Waals surface area contributed by atoms with Crippen molar-refractivity contribution in [3.63, 3.8) is 0 Å². The molecule has 1 aromatic carbocycles. The van der Waals surface area contributed by atoms with Crippen LogP contribution in [0.3, 0.4) is 0 Å². The Labute approximate surface area is 86.8 Å². The molecule has 0 aliphatic carbocycles. The van der Waals surface area contributed by atoms with E-state index in [2.05, 4.69) is 4.74 Å². The van der Waals surface area contributed by atoms with Crippen molar-refractivity contribution in [2.45, 2.75) is 13.8 Å². The zero-order chi connectivity index (χ0) is 12.0. The quantitative estimate of drug-likeness (QED) is 0.580. The molecular formula is C10H13F2NO2. The lowest BCUT2D eigenvalue weighted by Gasteiger charge is -2.04. The first kappa shape index (κ1) is 13.4. The lowest BCUT2D eigenvalue weighted by molar-refractivity contribution is 0.0590. The number of anilines is 1. The molecular weight excluding hydrogens is 204 g/mol. The number of rotatable bonds is 1. The lowest BCUT2D eigenvalue weighted by atomic mass is 10.2. The predicted molar refractivity (Wildman–Crippen MR) is 53.5 cm³/mol. The third kappa shape index (κ3) is 2.90. The van der Waals surface area contributed by atoms with Gasteiger partial charge in [0.05, 0.1) is 12.8 Å². The highest BCUT2D eigenvalue weighted by molar-refractivity contribution is 5.91. The highest BCUT2D eigenvalue weighted by Crippen LogP contribution is 2.18. The molecule has 0 saturated heterocycles. The molecule has 0 atom stereocenters. The average molecular weight is 217 g/mol. The van der Waals surface area contributed by atoms with Crippen molar-refractivity contribution in [1.29, 1.82) is 0 Å². The summed E-state index contributed by atoms with van der Waals surface area (Å²) in [6.07, 6.45) is 0. The zero-order valence-electron chi connectivity index (χ0n) is 8.80. The second-order valence-electron chi connectivity index (χ2n) is 2.32. The zero-order valence-corrected chi connectivity index (χ0v) is 8.80. The number of carbonyl (C=O) groups excluding carboxylic acids is 1. The van der Waals surface area contributed by atoms with Crippen LogP contribution in [0.2, 0.25) is 0 Å². The van der Waals surface area contributed by atoms with Gasteiger partial charge in [-0.2, -0.15) is 0 Å². The van der Waals surface area contributed by atoms with Gasteiger partial charge in [-0.25, -0.2) is 13.6 Å². The van der Waals surface area contributed by atoms with E-state index in [1.54, 1.807) is 0 Å². The van der Waals surface area contributed by atoms with Crippen molar-refractivity contribution < 1.29 is 18.3 Å². The molecule has 1 aromatic rings. The van der Waals surface area contributed by atoms with Crippen molar-refractivity contribution in [3.8, 4) is 0 Å². The molecule has 5 heteroatoms. The molecule has 0 saturated carbocycles. The number of methoxy groups -OCH3 is 1. The Morgan fingerprint density at radius 3 is 2.33 bits per heavy atom. The number of carbonyl (C=O) groups is 1. The molecule has 0 bridgehead atoms. The standard InChI is InChI=1S/C8H7F2NO2.C2H6/c1-13-8(12)6-4(9)2-3-5(11)7(6)10;1-2/h2-3H,11H2,1H3;1-2H3. The molecule has 0 aromatic heterocycles. The minimum Gasteiger partial charge on any atom is -0.465 e. The van der Waals surface area contributed by atoms with Gasteiger partial charge in [-0.1, -0.05) is 13.8 Å². The molecule has 2 N–H and O–H groups in total. The molecule has 3 nitrogen and oxygen atoms in total. The maximum Gasteiger partial charge on any atom is 0.343 e. The fourth-order valence-corrected chi connectivity index (χ4v) is 0.858. The fourth-order valence-electron chi connectivity index (χ4n) is 0.858. The largest absolute Gasteiger partial charge is 0.465 e. The Morgan fingerprint density at radius 2 is 1.87 bits per heavy atom. The number of hydrogen-bond donors (Lipinski definition) is 1. The minimum atomic E-state index is -1.09. The van der Waals surface area contributed by atoms with Gasteiger partial charge in [0.1, 0.15) is 11.4 Å². The van der Waals surface area contributed by atoms with Gasteiger partial charge in [-0.3, -0.25) is 0 Å². The van der Waals surface area contributed by atoms with E-state index in [1.807, 2.05) is 13.8 Å². The predicted octanol–water partition coefficient (Wildman–Crippen LogP) is 2.36. The molecule has 0 aliphatic heterocycles. The van der Waals surface area contributed by atoms with Crippen LogP contribution in [-0.2, 0) is 4.74 Å². The van der Waals surface area contributed by atoms with Gasteiger partial charge in [0, 0.05) is 0 Å². The first-order valence-corrected chi connectivity index (χ1v) is 4.39. The Kier molecular flexibility index (Phi) is 5.30. The second-order valence-corrected chi connectivity index (χ2v) is 2.32. The normalized spacial score (nSPS) is 8.87. The number of esters is 1. The maximum atomic E-state index is 13.0. The lowest BCUT2D eigenvalue weighted by Crippen LogP contribution is -2.09. The van der Waals surface area contributed by atoms with Crippen LogP contribution in [0.5, 0.6) is 0 Å². The summed E-state index contributed by atoms with van der Waals surface area (Å²) in [5.41, 5.74) is 4.08. The molecule has 0 fully saturated rings. The van der Waals surface area contributed by atoms with E-state index in [1.165, 1.54) is 0 Å². The van der Waals surface area contributed by atoms with Gasteiger partial charge in [0.25, 0.3) is 0 Å². The summed E-state index contributed by atoms with van der Waals surface area (Å²) >= 11 is 0. The molecule has 84 valence electrons. The average Bonchev–Trinajstić information content (AvgIpc) is 2.26. The number of hydrogen-bond acceptors (Lipinski definition) is 3. The van der Waals surface area contributed by atoms with Crippen LogP contribution in [-0.4, -0.2) is 13.1 Å². The Morgan fingerprint density at radius 1 is 1.33 bits per heavy atom. The molecule has 0 amide bonds. The second kappa shape index (κ2) is 5.95. The highest BCUT2D eigenvalue weighted by Gasteiger charge is 2.19. The summed E-state index contributed by atoms with van der Waals surface area (Å²) in [6.45, 7) is 4.00. The van der Waals surface area contributed by atoms with Gasteiger partial charge in [0.2, 0.25) is 0 Å². The number of benzene rings is 1. The van der Waals surface area contributed by atoms with Gasteiger partial charge in [0.15, 0.2) is 5.82 Å². The van der Waals surface area contributed by atoms with E-state index in [4.69, 9.17) is 5.73 Å². The van der Waals surface area contributed by atoms with Crippen molar-refractivity contribution in [1.82, 2.24) is 0 Å². The van der Waals surface area contributed by atoms with E-state index < -0.39 is 23.2 Å². The van der Waals surface area contributed by atoms with Gasteiger partial charge in [-0.05, 0) is 12.1 Å². The van der Waals surface area contributed by atoms with Crippen molar-refractivity contribution in [3.05, 3.63) is 29.3 Å².